The molecule has 5 rings (SSSR count). The lowest BCUT2D eigenvalue weighted by Crippen LogP contribution is -2.37. The number of fused-ring (bicyclic) bond motifs is 1. The summed E-state index contributed by atoms with van der Waals surface area (Å²) in [6.07, 6.45) is 1.35. The van der Waals surface area contributed by atoms with Crippen LogP contribution >= 0.6 is 0 Å². The summed E-state index contributed by atoms with van der Waals surface area (Å²) in [6, 6.07) is 14.8. The van der Waals surface area contributed by atoms with E-state index in [2.05, 4.69) is 10.3 Å². The molecule has 0 atom stereocenters. The molecular formula is C21H20N4O5. The van der Waals surface area contributed by atoms with Crippen LogP contribution < -0.4 is 9.47 Å². The minimum Gasteiger partial charge on any atom is -0.454 e. The Balaban J connectivity index is 1.38. The molecule has 2 aliphatic rings. The fourth-order valence-corrected chi connectivity index (χ4v) is 3.40. The summed E-state index contributed by atoms with van der Waals surface area (Å²) in [6.45, 7) is 1.74. The van der Waals surface area contributed by atoms with Crippen LogP contribution in [-0.4, -0.2) is 58.6 Å². The van der Waals surface area contributed by atoms with Crippen LogP contribution in [0.2, 0.25) is 0 Å². The molecule has 3 heterocycles. The zero-order valence-electron chi connectivity index (χ0n) is 16.1. The fourth-order valence-electron chi connectivity index (χ4n) is 3.40. The minimum absolute atomic E-state index is 0.156. The molecule has 2 aromatic carbocycles. The number of rotatable bonds is 6. The van der Waals surface area contributed by atoms with E-state index in [4.69, 9.17) is 18.9 Å². The van der Waals surface area contributed by atoms with Crippen molar-refractivity contribution >= 4 is 5.91 Å². The molecule has 0 spiro atoms. The number of para-hydroxylation sites is 1. The third-order valence-corrected chi connectivity index (χ3v) is 4.88. The molecule has 9 nitrogen and oxygen atoms in total. The molecule has 1 fully saturated rings. The normalized spacial score (nSPS) is 15.5. The summed E-state index contributed by atoms with van der Waals surface area (Å²) in [5.41, 5.74) is 2.05. The molecule has 0 saturated carbocycles. The Labute approximate surface area is 172 Å². The first-order chi connectivity index (χ1) is 14.8. The van der Waals surface area contributed by atoms with Gasteiger partial charge < -0.3 is 23.8 Å². The molecule has 0 N–H and O–H groups in total. The number of hydrogen-bond acceptors (Lipinski definition) is 7. The molecule has 30 heavy (non-hydrogen) atoms. The van der Waals surface area contributed by atoms with E-state index in [0.717, 1.165) is 5.69 Å². The van der Waals surface area contributed by atoms with E-state index in [-0.39, 0.29) is 25.8 Å². The number of ether oxygens (including phenoxy) is 4. The maximum atomic E-state index is 13.3. The zero-order valence-corrected chi connectivity index (χ0v) is 16.1. The number of benzene rings is 2. The Kier molecular flexibility index (Phi) is 5.04. The van der Waals surface area contributed by atoms with Gasteiger partial charge in [-0.15, -0.1) is 5.10 Å². The van der Waals surface area contributed by atoms with Gasteiger partial charge in [0.1, 0.15) is 5.69 Å². The third kappa shape index (κ3) is 3.85. The number of amides is 1. The topological polar surface area (TPSA) is 87.9 Å². The molecule has 0 unspecified atom stereocenters. The number of nitrogens with zero attached hydrogens (tertiary/aromatic N) is 4. The van der Waals surface area contributed by atoms with E-state index in [1.54, 1.807) is 27.8 Å². The molecule has 154 valence electrons. The Morgan fingerprint density at radius 1 is 1.07 bits per heavy atom. The maximum absolute atomic E-state index is 13.3. The van der Waals surface area contributed by atoms with Crippen molar-refractivity contribution < 1.29 is 23.7 Å². The molecular weight excluding hydrogens is 388 g/mol. The molecule has 2 aliphatic heterocycles. The predicted molar refractivity (Wildman–Crippen MR) is 104 cm³/mol. The minimum atomic E-state index is -0.466. The van der Waals surface area contributed by atoms with Gasteiger partial charge in [0.25, 0.3) is 5.91 Å². The first kappa shape index (κ1) is 18.6. The second kappa shape index (κ2) is 8.13. The lowest BCUT2D eigenvalue weighted by atomic mass is 10.1. The van der Waals surface area contributed by atoms with Crippen LogP contribution in [0.15, 0.2) is 54.7 Å². The number of carbonyl (C=O) groups is 1. The van der Waals surface area contributed by atoms with Crippen molar-refractivity contribution in [1.29, 1.82) is 0 Å². The first-order valence-electron chi connectivity index (χ1n) is 9.65. The van der Waals surface area contributed by atoms with E-state index >= 15 is 0 Å². The van der Waals surface area contributed by atoms with E-state index in [1.807, 2.05) is 36.5 Å². The molecule has 0 radical (unpaired) electrons. The van der Waals surface area contributed by atoms with Crippen molar-refractivity contribution in [2.45, 2.75) is 12.8 Å². The average molecular weight is 408 g/mol. The molecule has 3 aromatic rings. The fraction of sp³-hybridized carbons (Fsp3) is 0.286. The Hall–Kier alpha value is -3.43. The Bertz CT molecular complexity index is 1030. The monoisotopic (exact) mass is 408 g/mol. The van der Waals surface area contributed by atoms with Crippen LogP contribution in [0.25, 0.3) is 5.69 Å². The van der Waals surface area contributed by atoms with Crippen LogP contribution in [-0.2, 0) is 16.0 Å². The van der Waals surface area contributed by atoms with E-state index in [0.29, 0.717) is 36.0 Å². The summed E-state index contributed by atoms with van der Waals surface area (Å²) >= 11 is 0. The van der Waals surface area contributed by atoms with Gasteiger partial charge in [0, 0.05) is 5.56 Å². The smallest absolute Gasteiger partial charge is 0.254 e. The summed E-state index contributed by atoms with van der Waals surface area (Å²) in [5.74, 6) is 1.01. The van der Waals surface area contributed by atoms with Crippen LogP contribution in [0.3, 0.4) is 0 Å². The van der Waals surface area contributed by atoms with Crippen molar-refractivity contribution in [2.24, 2.45) is 0 Å². The summed E-state index contributed by atoms with van der Waals surface area (Å²) in [5, 5.41) is 8.41. The lowest BCUT2D eigenvalue weighted by Gasteiger charge is -2.24. The van der Waals surface area contributed by atoms with Gasteiger partial charge >= 0.3 is 0 Å². The SMILES string of the molecule is O=C(c1ccc2c(c1)OCO2)N(Cc1cn(-c2ccccc2)nn1)CC1OCCO1. The van der Waals surface area contributed by atoms with E-state index in [9.17, 15) is 4.79 Å². The van der Waals surface area contributed by atoms with Gasteiger partial charge in [0.2, 0.25) is 6.79 Å². The van der Waals surface area contributed by atoms with Crippen molar-refractivity contribution in [3.63, 3.8) is 0 Å². The van der Waals surface area contributed by atoms with Gasteiger partial charge in [-0.25, -0.2) is 4.68 Å². The molecule has 1 saturated heterocycles. The quantitative estimate of drug-likeness (QED) is 0.617. The standard InChI is InChI=1S/C21H20N4O5/c26-21(15-6-7-18-19(10-15)30-14-29-18)24(13-20-27-8-9-28-20)11-16-12-25(23-22-16)17-4-2-1-3-5-17/h1-7,10,12,20H,8-9,11,13-14H2. The summed E-state index contributed by atoms with van der Waals surface area (Å²) in [4.78, 5) is 14.9. The predicted octanol–water partition coefficient (Wildman–Crippen LogP) is 2.01. The van der Waals surface area contributed by atoms with Gasteiger partial charge in [-0.1, -0.05) is 23.4 Å². The van der Waals surface area contributed by atoms with Crippen LogP contribution in [0, 0.1) is 0 Å². The van der Waals surface area contributed by atoms with Crippen molar-refractivity contribution in [3.05, 3.63) is 66.0 Å². The van der Waals surface area contributed by atoms with Crippen LogP contribution in [0.4, 0.5) is 0 Å². The molecule has 1 amide bonds. The van der Waals surface area contributed by atoms with Gasteiger partial charge in [0.05, 0.1) is 38.2 Å². The summed E-state index contributed by atoms with van der Waals surface area (Å²) in [7, 11) is 0. The average Bonchev–Trinajstić information content (AvgIpc) is 3.55. The largest absolute Gasteiger partial charge is 0.454 e. The van der Waals surface area contributed by atoms with Crippen LogP contribution in [0.1, 0.15) is 16.1 Å². The molecule has 0 aliphatic carbocycles. The Morgan fingerprint density at radius 3 is 2.70 bits per heavy atom. The van der Waals surface area contributed by atoms with E-state index < -0.39 is 6.29 Å². The van der Waals surface area contributed by atoms with Crippen molar-refractivity contribution in [2.75, 3.05) is 26.6 Å². The zero-order chi connectivity index (χ0) is 20.3. The highest BCUT2D eigenvalue weighted by molar-refractivity contribution is 5.95. The second-order valence-corrected chi connectivity index (χ2v) is 6.91. The third-order valence-electron chi connectivity index (χ3n) is 4.88. The van der Waals surface area contributed by atoms with Gasteiger partial charge in [-0.3, -0.25) is 4.79 Å². The van der Waals surface area contributed by atoms with Crippen molar-refractivity contribution in [1.82, 2.24) is 19.9 Å². The molecule has 9 heteroatoms. The highest BCUT2D eigenvalue weighted by Gasteiger charge is 2.26. The Morgan fingerprint density at radius 2 is 1.87 bits per heavy atom. The number of hydrogen-bond donors (Lipinski definition) is 0. The number of carbonyl (C=O) groups excluding carboxylic acids is 1. The highest BCUT2D eigenvalue weighted by Crippen LogP contribution is 2.33. The highest BCUT2D eigenvalue weighted by atomic mass is 16.7. The molecule has 0 bridgehead atoms. The van der Waals surface area contributed by atoms with Crippen molar-refractivity contribution in [3.8, 4) is 17.2 Å². The van der Waals surface area contributed by atoms with Gasteiger partial charge in [-0.2, -0.15) is 0 Å². The van der Waals surface area contributed by atoms with Gasteiger partial charge in [-0.05, 0) is 30.3 Å². The second-order valence-electron chi connectivity index (χ2n) is 6.91. The maximum Gasteiger partial charge on any atom is 0.254 e. The molecule has 1 aromatic heterocycles. The summed E-state index contributed by atoms with van der Waals surface area (Å²) < 4.78 is 23.5. The van der Waals surface area contributed by atoms with Crippen LogP contribution in [0.5, 0.6) is 11.5 Å². The lowest BCUT2D eigenvalue weighted by molar-refractivity contribution is -0.0586. The number of aromatic nitrogens is 3. The van der Waals surface area contributed by atoms with E-state index in [1.165, 1.54) is 0 Å². The first-order valence-corrected chi connectivity index (χ1v) is 9.65. The van der Waals surface area contributed by atoms with Gasteiger partial charge in [0.15, 0.2) is 17.8 Å².